The van der Waals surface area contributed by atoms with Gasteiger partial charge in [-0.2, -0.15) is 0 Å². The number of nitrogens with one attached hydrogen (secondary N) is 1. The van der Waals surface area contributed by atoms with Gasteiger partial charge in [0.1, 0.15) is 0 Å². The fraction of sp³-hybridized carbons (Fsp3) is 0.211. The third-order valence-electron chi connectivity index (χ3n) is 3.70. The van der Waals surface area contributed by atoms with Crippen molar-refractivity contribution < 1.29 is 19.1 Å². The molecule has 0 bridgehead atoms. The molecule has 2 aromatic carbocycles. The van der Waals surface area contributed by atoms with Crippen LogP contribution in [0.25, 0.3) is 0 Å². The lowest BCUT2D eigenvalue weighted by atomic mass is 10.1. The zero-order valence-corrected chi connectivity index (χ0v) is 14.3. The smallest absolute Gasteiger partial charge is 0.339 e. The summed E-state index contributed by atoms with van der Waals surface area (Å²) in [7, 11) is 0. The number of anilines is 1. The van der Waals surface area contributed by atoms with Crippen molar-refractivity contribution in [1.82, 2.24) is 0 Å². The Kier molecular flexibility index (Phi) is 5.54. The van der Waals surface area contributed by atoms with Gasteiger partial charge in [-0.15, -0.1) is 0 Å². The molecule has 1 atom stereocenters. The molecule has 0 spiro atoms. The van der Waals surface area contributed by atoms with E-state index in [-0.39, 0.29) is 0 Å². The number of hydrogen-bond donors (Lipinski definition) is 2. The Hall–Kier alpha value is -3.15. The van der Waals surface area contributed by atoms with E-state index in [2.05, 4.69) is 5.32 Å². The number of benzene rings is 2. The summed E-state index contributed by atoms with van der Waals surface area (Å²) < 4.78 is 5.24. The summed E-state index contributed by atoms with van der Waals surface area (Å²) >= 11 is 0. The average molecular weight is 340 g/mol. The highest BCUT2D eigenvalue weighted by molar-refractivity contribution is 5.98. The van der Waals surface area contributed by atoms with E-state index in [0.29, 0.717) is 16.8 Å². The molecule has 0 heterocycles. The van der Waals surface area contributed by atoms with Crippen molar-refractivity contribution >= 4 is 23.5 Å². The number of rotatable bonds is 5. The van der Waals surface area contributed by atoms with Gasteiger partial charge in [0.2, 0.25) is 5.91 Å². The van der Waals surface area contributed by atoms with Crippen LogP contribution in [0.5, 0.6) is 0 Å². The Balaban J connectivity index is 2.01. The number of primary amides is 1. The first-order chi connectivity index (χ1) is 11.8. The highest BCUT2D eigenvalue weighted by Crippen LogP contribution is 2.14. The minimum atomic E-state index is -0.969. The van der Waals surface area contributed by atoms with Crippen LogP contribution in [-0.4, -0.2) is 23.9 Å². The van der Waals surface area contributed by atoms with Crippen LogP contribution >= 0.6 is 0 Å². The van der Waals surface area contributed by atoms with Crippen molar-refractivity contribution in [2.45, 2.75) is 26.9 Å². The van der Waals surface area contributed by atoms with E-state index >= 15 is 0 Å². The monoisotopic (exact) mass is 340 g/mol. The molecular weight excluding hydrogens is 320 g/mol. The van der Waals surface area contributed by atoms with Crippen LogP contribution in [-0.2, 0) is 9.53 Å². The minimum Gasteiger partial charge on any atom is -0.449 e. The van der Waals surface area contributed by atoms with E-state index < -0.39 is 23.9 Å². The van der Waals surface area contributed by atoms with Gasteiger partial charge in [-0.3, -0.25) is 9.59 Å². The molecule has 6 heteroatoms. The van der Waals surface area contributed by atoms with Crippen molar-refractivity contribution in [3.05, 3.63) is 64.7 Å². The standard InChI is InChI=1S/C19H20N2O4/c1-11-4-5-12(2)16(10-11)19(24)25-13(3)18(23)21-15-8-6-14(7-9-15)17(20)22/h4-10,13H,1-3H3,(H2,20,22)(H,21,23)/t13-/m0/s1. The molecule has 2 rings (SSSR count). The normalized spacial score (nSPS) is 11.5. The van der Waals surface area contributed by atoms with E-state index in [0.717, 1.165) is 11.1 Å². The van der Waals surface area contributed by atoms with Gasteiger partial charge in [0.15, 0.2) is 6.10 Å². The van der Waals surface area contributed by atoms with Crippen LogP contribution in [0.2, 0.25) is 0 Å². The maximum atomic E-state index is 12.3. The minimum absolute atomic E-state index is 0.340. The first kappa shape index (κ1) is 18.2. The molecule has 0 unspecified atom stereocenters. The predicted molar refractivity (Wildman–Crippen MR) is 94.4 cm³/mol. The Labute approximate surface area is 146 Å². The highest BCUT2D eigenvalue weighted by Gasteiger charge is 2.20. The topological polar surface area (TPSA) is 98.5 Å². The van der Waals surface area contributed by atoms with Gasteiger partial charge < -0.3 is 15.8 Å². The molecule has 0 saturated carbocycles. The van der Waals surface area contributed by atoms with E-state index in [9.17, 15) is 14.4 Å². The second-order valence-electron chi connectivity index (χ2n) is 5.80. The molecule has 0 fully saturated rings. The van der Waals surface area contributed by atoms with Crippen molar-refractivity contribution in [3.8, 4) is 0 Å². The molecule has 0 saturated heterocycles. The number of amides is 2. The zero-order chi connectivity index (χ0) is 18.6. The molecular formula is C19H20N2O4. The first-order valence-electron chi connectivity index (χ1n) is 7.77. The Bertz CT molecular complexity index is 813. The Morgan fingerprint density at radius 3 is 2.28 bits per heavy atom. The first-order valence-corrected chi connectivity index (χ1v) is 7.77. The molecule has 2 aromatic rings. The summed E-state index contributed by atoms with van der Waals surface area (Å²) in [6.07, 6.45) is -0.969. The SMILES string of the molecule is Cc1ccc(C)c(C(=O)O[C@@H](C)C(=O)Nc2ccc(C(N)=O)cc2)c1. The molecule has 0 aliphatic carbocycles. The summed E-state index contributed by atoms with van der Waals surface area (Å²) in [4.78, 5) is 35.4. The van der Waals surface area contributed by atoms with Gasteiger partial charge >= 0.3 is 5.97 Å². The van der Waals surface area contributed by atoms with E-state index in [4.69, 9.17) is 10.5 Å². The maximum absolute atomic E-state index is 12.3. The second-order valence-corrected chi connectivity index (χ2v) is 5.80. The highest BCUT2D eigenvalue weighted by atomic mass is 16.5. The number of nitrogens with two attached hydrogens (primary N) is 1. The summed E-state index contributed by atoms with van der Waals surface area (Å²) in [5.41, 5.74) is 8.13. The lowest BCUT2D eigenvalue weighted by molar-refractivity contribution is -0.123. The van der Waals surface area contributed by atoms with Crippen molar-refractivity contribution in [1.29, 1.82) is 0 Å². The fourth-order valence-electron chi connectivity index (χ4n) is 2.20. The number of hydrogen-bond acceptors (Lipinski definition) is 4. The molecule has 3 N–H and O–H groups in total. The Morgan fingerprint density at radius 2 is 1.68 bits per heavy atom. The summed E-state index contributed by atoms with van der Waals surface area (Å²) in [6, 6.07) is 11.6. The van der Waals surface area contributed by atoms with Gasteiger partial charge in [0.05, 0.1) is 5.56 Å². The average Bonchev–Trinajstić information content (AvgIpc) is 2.57. The van der Waals surface area contributed by atoms with Crippen LogP contribution in [0.15, 0.2) is 42.5 Å². The van der Waals surface area contributed by atoms with Crippen molar-refractivity contribution in [2.24, 2.45) is 5.73 Å². The lowest BCUT2D eigenvalue weighted by Crippen LogP contribution is -2.30. The van der Waals surface area contributed by atoms with Gasteiger partial charge in [-0.1, -0.05) is 17.7 Å². The molecule has 6 nitrogen and oxygen atoms in total. The molecule has 130 valence electrons. The van der Waals surface area contributed by atoms with Crippen LogP contribution in [0.4, 0.5) is 5.69 Å². The molecule has 0 aliphatic heterocycles. The van der Waals surface area contributed by atoms with Gasteiger partial charge in [-0.25, -0.2) is 4.79 Å². The fourth-order valence-corrected chi connectivity index (χ4v) is 2.20. The van der Waals surface area contributed by atoms with Crippen LogP contribution in [0, 0.1) is 13.8 Å². The van der Waals surface area contributed by atoms with E-state index in [1.165, 1.54) is 19.1 Å². The second kappa shape index (κ2) is 7.61. The third kappa shape index (κ3) is 4.67. The number of aryl methyl sites for hydroxylation is 2. The zero-order valence-electron chi connectivity index (χ0n) is 14.3. The van der Waals surface area contributed by atoms with Gasteiger partial charge in [0, 0.05) is 11.3 Å². The van der Waals surface area contributed by atoms with Gasteiger partial charge in [-0.05, 0) is 56.7 Å². The molecule has 25 heavy (non-hydrogen) atoms. The number of carbonyl (C=O) groups excluding carboxylic acids is 3. The third-order valence-corrected chi connectivity index (χ3v) is 3.70. The summed E-state index contributed by atoms with van der Waals surface area (Å²) in [5.74, 6) is -1.56. The van der Waals surface area contributed by atoms with E-state index in [1.54, 1.807) is 25.1 Å². The van der Waals surface area contributed by atoms with Crippen molar-refractivity contribution in [3.63, 3.8) is 0 Å². The molecule has 0 aliphatic rings. The molecule has 2 amide bonds. The number of esters is 1. The predicted octanol–water partition coefficient (Wildman–Crippen LogP) is 2.59. The maximum Gasteiger partial charge on any atom is 0.339 e. The van der Waals surface area contributed by atoms with Crippen LogP contribution < -0.4 is 11.1 Å². The summed E-state index contributed by atoms with van der Waals surface area (Å²) in [6.45, 7) is 5.18. The number of ether oxygens (including phenoxy) is 1. The lowest BCUT2D eigenvalue weighted by Gasteiger charge is -2.15. The molecule has 0 aromatic heterocycles. The quantitative estimate of drug-likeness (QED) is 0.817. The largest absolute Gasteiger partial charge is 0.449 e. The van der Waals surface area contributed by atoms with E-state index in [1.807, 2.05) is 19.1 Å². The Morgan fingerprint density at radius 1 is 1.04 bits per heavy atom. The summed E-state index contributed by atoms with van der Waals surface area (Å²) in [5, 5.41) is 2.62. The van der Waals surface area contributed by atoms with Crippen LogP contribution in [0.3, 0.4) is 0 Å². The van der Waals surface area contributed by atoms with Crippen molar-refractivity contribution in [2.75, 3.05) is 5.32 Å². The molecule has 0 radical (unpaired) electrons. The van der Waals surface area contributed by atoms with Gasteiger partial charge in [0.25, 0.3) is 5.91 Å². The van der Waals surface area contributed by atoms with Crippen LogP contribution in [0.1, 0.15) is 38.8 Å². The number of carbonyl (C=O) groups is 3.